The quantitative estimate of drug-likeness (QED) is 0.530. The Kier molecular flexibility index (Phi) is 7.05. The predicted molar refractivity (Wildman–Crippen MR) is 129 cm³/mol. The highest BCUT2D eigenvalue weighted by atomic mass is 28.4. The van der Waals surface area contributed by atoms with E-state index in [0.717, 1.165) is 23.3 Å². The summed E-state index contributed by atoms with van der Waals surface area (Å²) in [5.41, 5.74) is 1.64. The highest BCUT2D eigenvalue weighted by molar-refractivity contribution is 6.74. The Bertz CT molecular complexity index is 746. The molecule has 0 bridgehead atoms. The van der Waals surface area contributed by atoms with Gasteiger partial charge in [-0.3, -0.25) is 0 Å². The fraction of sp³-hybridized carbons (Fsp3) is 0.708. The average Bonchev–Trinajstić information content (AvgIpc) is 2.59. The third kappa shape index (κ3) is 5.37. The van der Waals surface area contributed by atoms with Crippen LogP contribution in [-0.2, 0) is 16.6 Å². The first-order chi connectivity index (χ1) is 13.5. The summed E-state index contributed by atoms with van der Waals surface area (Å²) in [6, 6.07) is 9.01. The first-order valence-electron chi connectivity index (χ1n) is 11.1. The van der Waals surface area contributed by atoms with Crippen molar-refractivity contribution in [2.45, 2.75) is 95.6 Å². The summed E-state index contributed by atoms with van der Waals surface area (Å²) in [6.45, 7) is 20.7. The Hall–Kier alpha value is -1.14. The van der Waals surface area contributed by atoms with E-state index in [9.17, 15) is 10.1 Å². The summed E-state index contributed by atoms with van der Waals surface area (Å²) >= 11 is 0. The Morgan fingerprint density at radius 2 is 1.63 bits per heavy atom. The van der Waals surface area contributed by atoms with E-state index in [4.69, 9.17) is 9.16 Å². The molecule has 0 atom stereocenters. The summed E-state index contributed by atoms with van der Waals surface area (Å²) in [5, 5.41) is 10.0. The summed E-state index contributed by atoms with van der Waals surface area (Å²) < 4.78 is 12.2. The zero-order valence-corrected chi connectivity index (χ0v) is 22.5. The second-order valence-corrected chi connectivity index (χ2v) is 20.9. The van der Waals surface area contributed by atoms with Crippen LogP contribution < -0.4 is 4.43 Å². The van der Waals surface area contributed by atoms with Crippen LogP contribution >= 0.6 is 0 Å². The van der Waals surface area contributed by atoms with Crippen LogP contribution in [0.25, 0.3) is 0 Å². The zero-order valence-electron chi connectivity index (χ0n) is 20.5. The third-order valence-electron chi connectivity index (χ3n) is 7.56. The molecule has 0 aliphatic carbocycles. The van der Waals surface area contributed by atoms with E-state index in [2.05, 4.69) is 72.0 Å². The molecule has 2 rings (SSSR count). The fourth-order valence-corrected chi connectivity index (χ4v) is 5.11. The van der Waals surface area contributed by atoms with Crippen LogP contribution in [0.2, 0.25) is 36.3 Å². The van der Waals surface area contributed by atoms with E-state index >= 15 is 0 Å². The molecule has 1 heterocycles. The van der Waals surface area contributed by atoms with Gasteiger partial charge < -0.3 is 14.0 Å². The molecule has 0 amide bonds. The fourth-order valence-electron chi connectivity index (χ4n) is 3.46. The summed E-state index contributed by atoms with van der Waals surface area (Å²) in [5.74, 6) is 0.864. The molecular formula is C24H41NO3Si2. The molecule has 0 spiro atoms. The second-order valence-electron chi connectivity index (χ2n) is 11.7. The van der Waals surface area contributed by atoms with Crippen molar-refractivity contribution in [2.24, 2.45) is 0 Å². The second kappa shape index (κ2) is 8.42. The van der Waals surface area contributed by atoms with Crippen LogP contribution in [0.4, 0.5) is 0 Å². The van der Waals surface area contributed by atoms with Crippen molar-refractivity contribution >= 4 is 16.6 Å². The Labute approximate surface area is 185 Å². The summed E-state index contributed by atoms with van der Waals surface area (Å²) in [6.07, 6.45) is 2.18. The van der Waals surface area contributed by atoms with Gasteiger partial charge in [0.05, 0.1) is 11.5 Å². The smallest absolute Gasteiger partial charge is 0.250 e. The van der Waals surface area contributed by atoms with Gasteiger partial charge in [-0.15, -0.1) is 0 Å². The number of rotatable bonds is 6. The molecule has 30 heavy (non-hydrogen) atoms. The zero-order chi connectivity index (χ0) is 23.0. The third-order valence-corrected chi connectivity index (χ3v) is 15.4. The molecule has 168 valence electrons. The van der Waals surface area contributed by atoms with E-state index in [1.807, 2.05) is 13.1 Å². The van der Waals surface area contributed by atoms with Gasteiger partial charge in [-0.25, -0.2) is 0 Å². The van der Waals surface area contributed by atoms with Gasteiger partial charge in [0.25, 0.3) is 0 Å². The topological polar surface area (TPSA) is 62.5 Å². The van der Waals surface area contributed by atoms with Crippen LogP contribution in [0.1, 0.15) is 58.6 Å². The molecule has 0 aromatic heterocycles. The molecule has 1 saturated heterocycles. The maximum atomic E-state index is 10.8. The molecule has 1 aliphatic rings. The molecule has 1 aromatic carbocycles. The summed E-state index contributed by atoms with van der Waals surface area (Å²) in [4.78, 5) is 10.8. The van der Waals surface area contributed by atoms with Crippen molar-refractivity contribution < 1.29 is 14.0 Å². The van der Waals surface area contributed by atoms with Crippen molar-refractivity contribution in [1.82, 2.24) is 0 Å². The molecule has 0 unspecified atom stereocenters. The first kappa shape index (κ1) is 25.1. The van der Waals surface area contributed by atoms with Crippen molar-refractivity contribution in [1.29, 1.82) is 5.26 Å². The van der Waals surface area contributed by atoms with Crippen molar-refractivity contribution in [3.63, 3.8) is 0 Å². The van der Waals surface area contributed by atoms with Gasteiger partial charge >= 0.3 is 0 Å². The number of hydrogen-bond donors (Lipinski definition) is 1. The van der Waals surface area contributed by atoms with E-state index in [-0.39, 0.29) is 10.1 Å². The van der Waals surface area contributed by atoms with Crippen LogP contribution in [0.15, 0.2) is 18.2 Å². The highest BCUT2D eigenvalue weighted by Crippen LogP contribution is 2.43. The van der Waals surface area contributed by atoms with Gasteiger partial charge in [0.2, 0.25) is 8.32 Å². The van der Waals surface area contributed by atoms with Gasteiger partial charge in [-0.1, -0.05) is 40.7 Å². The van der Waals surface area contributed by atoms with E-state index < -0.39 is 22.0 Å². The molecule has 4 nitrogen and oxygen atoms in total. The van der Waals surface area contributed by atoms with Gasteiger partial charge in [0.1, 0.15) is 5.75 Å². The highest BCUT2D eigenvalue weighted by Gasteiger charge is 2.41. The van der Waals surface area contributed by atoms with Gasteiger partial charge in [-0.05, 0) is 78.8 Å². The molecule has 1 fully saturated rings. The maximum Gasteiger partial charge on any atom is 0.250 e. The van der Waals surface area contributed by atoms with Crippen LogP contribution in [-0.4, -0.2) is 34.6 Å². The van der Waals surface area contributed by atoms with Gasteiger partial charge in [0.15, 0.2) is 8.32 Å². The minimum absolute atomic E-state index is 0.0913. The number of benzene rings is 1. The number of hydrogen-bond acceptors (Lipinski definition) is 4. The van der Waals surface area contributed by atoms with Crippen molar-refractivity contribution in [3.05, 3.63) is 29.3 Å². The molecular weight excluding hydrogens is 406 g/mol. The molecule has 1 aromatic rings. The van der Waals surface area contributed by atoms with E-state index in [0.29, 0.717) is 26.1 Å². The lowest BCUT2D eigenvalue weighted by atomic mass is 9.75. The Balaban J connectivity index is 2.56. The first-order valence-corrected chi connectivity index (χ1v) is 16.9. The maximum absolute atomic E-state index is 10.8. The molecule has 0 saturated carbocycles. The minimum Gasteiger partial charge on any atom is -0.543 e. The number of nitriles is 1. The number of nitrogens with zero attached hydrogens (tertiary/aromatic N) is 1. The van der Waals surface area contributed by atoms with Gasteiger partial charge in [-0.2, -0.15) is 5.26 Å². The molecule has 1 N–H and O–H groups in total. The average molecular weight is 448 g/mol. The Morgan fingerprint density at radius 1 is 1.07 bits per heavy atom. The standard InChI is InChI=1S/C24H41NO3Si2/c1-22(2,3)30(8,9)28-21-15-19(17-23(4,5)29(6,7)26)14-20(16-21)24(18-25)10-12-27-13-11-24/h14-16,26H,10-13,17H2,1-9H3. The predicted octanol–water partition coefficient (Wildman–Crippen LogP) is 6.16. The van der Waals surface area contributed by atoms with Crippen molar-refractivity contribution in [3.8, 4) is 11.8 Å². The number of ether oxygens (including phenoxy) is 1. The largest absolute Gasteiger partial charge is 0.543 e. The SMILES string of the molecule is CC(C)(Cc1cc(O[Si](C)(C)C(C)(C)C)cc(C2(C#N)CCOCC2)c1)[Si](C)(C)O. The van der Waals surface area contributed by atoms with Crippen LogP contribution in [0.5, 0.6) is 5.75 Å². The van der Waals surface area contributed by atoms with Gasteiger partial charge in [0, 0.05) is 13.2 Å². The lowest BCUT2D eigenvalue weighted by molar-refractivity contribution is 0.0675. The minimum atomic E-state index is -2.36. The lowest BCUT2D eigenvalue weighted by Gasteiger charge is -2.38. The Morgan fingerprint density at radius 3 is 2.10 bits per heavy atom. The van der Waals surface area contributed by atoms with E-state index in [1.54, 1.807) is 0 Å². The normalized spacial score (nSPS) is 18.0. The van der Waals surface area contributed by atoms with Crippen molar-refractivity contribution in [2.75, 3.05) is 13.2 Å². The monoisotopic (exact) mass is 447 g/mol. The van der Waals surface area contributed by atoms with E-state index in [1.165, 1.54) is 0 Å². The lowest BCUT2D eigenvalue weighted by Crippen LogP contribution is -2.44. The molecule has 6 heteroatoms. The summed E-state index contributed by atoms with van der Waals surface area (Å²) in [7, 11) is -4.38. The van der Waals surface area contributed by atoms with Crippen LogP contribution in [0.3, 0.4) is 0 Å². The molecule has 0 radical (unpaired) electrons. The molecule has 1 aliphatic heterocycles. The van der Waals surface area contributed by atoms with Crippen LogP contribution in [0, 0.1) is 11.3 Å².